The van der Waals surface area contributed by atoms with Crippen molar-refractivity contribution in [3.8, 4) is 0 Å². The van der Waals surface area contributed by atoms with Gasteiger partial charge in [0.2, 0.25) is 0 Å². The second-order valence-corrected chi connectivity index (χ2v) is 6.63. The molecule has 0 amide bonds. The first-order valence-electron chi connectivity index (χ1n) is 6.80. The fourth-order valence-electron chi connectivity index (χ4n) is 2.88. The highest BCUT2D eigenvalue weighted by Crippen LogP contribution is 2.36. The van der Waals surface area contributed by atoms with E-state index in [4.69, 9.17) is 4.74 Å². The Labute approximate surface area is 104 Å². The highest BCUT2D eigenvalue weighted by molar-refractivity contribution is 8.00. The molecule has 0 aromatic heterocycles. The Balaban J connectivity index is 1.76. The Hall–Kier alpha value is 0.270. The Kier molecular flexibility index (Phi) is 4.98. The summed E-state index contributed by atoms with van der Waals surface area (Å²) in [5.41, 5.74) is 0. The molecule has 1 aliphatic heterocycles. The molecule has 3 heteroatoms. The number of rotatable bonds is 4. The van der Waals surface area contributed by atoms with Gasteiger partial charge in [-0.05, 0) is 39.2 Å². The normalized spacial score (nSPS) is 40.1. The zero-order valence-electron chi connectivity index (χ0n) is 10.6. The van der Waals surface area contributed by atoms with E-state index in [2.05, 4.69) is 30.9 Å². The van der Waals surface area contributed by atoms with Gasteiger partial charge < -0.3 is 10.1 Å². The molecule has 4 unspecified atom stereocenters. The fraction of sp³-hybridized carbons (Fsp3) is 1.00. The Morgan fingerprint density at radius 1 is 1.31 bits per heavy atom. The van der Waals surface area contributed by atoms with Crippen molar-refractivity contribution in [2.75, 3.05) is 13.2 Å². The van der Waals surface area contributed by atoms with Crippen LogP contribution in [0.3, 0.4) is 0 Å². The third-order valence-corrected chi connectivity index (χ3v) is 5.57. The molecule has 1 saturated heterocycles. The third-order valence-electron chi connectivity index (χ3n) is 3.79. The van der Waals surface area contributed by atoms with E-state index in [1.807, 2.05) is 0 Å². The monoisotopic (exact) mass is 243 g/mol. The Morgan fingerprint density at radius 3 is 2.88 bits per heavy atom. The van der Waals surface area contributed by atoms with Gasteiger partial charge in [-0.25, -0.2) is 0 Å². The van der Waals surface area contributed by atoms with Crippen LogP contribution in [-0.4, -0.2) is 35.8 Å². The second kappa shape index (κ2) is 6.27. The van der Waals surface area contributed by atoms with Crippen molar-refractivity contribution in [1.29, 1.82) is 0 Å². The summed E-state index contributed by atoms with van der Waals surface area (Å²) in [6.07, 6.45) is 7.29. The predicted molar refractivity (Wildman–Crippen MR) is 71.1 cm³/mol. The van der Waals surface area contributed by atoms with Crippen molar-refractivity contribution < 1.29 is 4.74 Å². The summed E-state index contributed by atoms with van der Waals surface area (Å²) >= 11 is 2.20. The van der Waals surface area contributed by atoms with Gasteiger partial charge in [-0.1, -0.05) is 13.3 Å². The lowest BCUT2D eigenvalue weighted by Crippen LogP contribution is -2.35. The van der Waals surface area contributed by atoms with Crippen LogP contribution in [0.5, 0.6) is 0 Å². The van der Waals surface area contributed by atoms with Gasteiger partial charge >= 0.3 is 0 Å². The lowest BCUT2D eigenvalue weighted by Gasteiger charge is -2.31. The van der Waals surface area contributed by atoms with Crippen LogP contribution < -0.4 is 5.32 Å². The van der Waals surface area contributed by atoms with E-state index in [0.29, 0.717) is 6.10 Å². The van der Waals surface area contributed by atoms with Crippen LogP contribution in [-0.2, 0) is 4.74 Å². The van der Waals surface area contributed by atoms with E-state index in [-0.39, 0.29) is 0 Å². The molecule has 0 aromatic carbocycles. The number of hydrogen-bond acceptors (Lipinski definition) is 3. The van der Waals surface area contributed by atoms with Crippen LogP contribution in [0.1, 0.15) is 46.0 Å². The van der Waals surface area contributed by atoms with E-state index >= 15 is 0 Å². The van der Waals surface area contributed by atoms with Crippen molar-refractivity contribution in [1.82, 2.24) is 5.32 Å². The molecule has 0 radical (unpaired) electrons. The van der Waals surface area contributed by atoms with Crippen molar-refractivity contribution in [2.45, 2.75) is 68.6 Å². The first kappa shape index (κ1) is 12.7. The highest BCUT2D eigenvalue weighted by atomic mass is 32.2. The molecule has 4 atom stereocenters. The van der Waals surface area contributed by atoms with E-state index in [0.717, 1.165) is 29.7 Å². The molecule has 2 nitrogen and oxygen atoms in total. The molecular formula is C13H25NOS. The summed E-state index contributed by atoms with van der Waals surface area (Å²) in [5, 5.41) is 5.23. The maximum Gasteiger partial charge on any atom is 0.0666 e. The van der Waals surface area contributed by atoms with Crippen molar-refractivity contribution in [3.05, 3.63) is 0 Å². The minimum atomic E-state index is 0.476. The van der Waals surface area contributed by atoms with E-state index < -0.39 is 0 Å². The molecule has 1 saturated carbocycles. The molecule has 2 aliphatic rings. The summed E-state index contributed by atoms with van der Waals surface area (Å²) in [6, 6.07) is 0.772. The Morgan fingerprint density at radius 2 is 2.19 bits per heavy atom. The van der Waals surface area contributed by atoms with Gasteiger partial charge in [0.15, 0.2) is 0 Å². The minimum Gasteiger partial charge on any atom is -0.377 e. The lowest BCUT2D eigenvalue weighted by atomic mass is 9.95. The van der Waals surface area contributed by atoms with Crippen LogP contribution in [0, 0.1) is 0 Å². The summed E-state index contributed by atoms with van der Waals surface area (Å²) in [7, 11) is 0. The van der Waals surface area contributed by atoms with E-state index in [1.165, 1.54) is 32.1 Å². The Bertz CT molecular complexity index is 210. The van der Waals surface area contributed by atoms with Gasteiger partial charge in [-0.3, -0.25) is 0 Å². The fourth-order valence-corrected chi connectivity index (χ4v) is 4.55. The summed E-state index contributed by atoms with van der Waals surface area (Å²) in [4.78, 5) is 0. The number of ether oxygens (including phenoxy) is 1. The molecule has 0 aromatic rings. The topological polar surface area (TPSA) is 21.3 Å². The number of nitrogens with one attached hydrogen (secondary N) is 1. The molecule has 2 rings (SSSR count). The SMILES string of the molecule is CCNC1CCCC(SC2CCOC2C)C1. The summed E-state index contributed by atoms with van der Waals surface area (Å²) < 4.78 is 5.64. The van der Waals surface area contributed by atoms with Crippen LogP contribution >= 0.6 is 11.8 Å². The second-order valence-electron chi connectivity index (χ2n) is 5.08. The van der Waals surface area contributed by atoms with Gasteiger partial charge in [0.1, 0.15) is 0 Å². The molecule has 1 N–H and O–H groups in total. The van der Waals surface area contributed by atoms with Crippen LogP contribution in [0.25, 0.3) is 0 Å². The van der Waals surface area contributed by atoms with Gasteiger partial charge in [-0.15, -0.1) is 0 Å². The van der Waals surface area contributed by atoms with Crippen LogP contribution in [0.15, 0.2) is 0 Å². The molecule has 94 valence electrons. The van der Waals surface area contributed by atoms with Gasteiger partial charge in [-0.2, -0.15) is 11.8 Å². The summed E-state index contributed by atoms with van der Waals surface area (Å²) in [5.74, 6) is 0. The first-order valence-corrected chi connectivity index (χ1v) is 7.74. The highest BCUT2D eigenvalue weighted by Gasteiger charge is 2.30. The molecule has 0 bridgehead atoms. The average molecular weight is 243 g/mol. The number of thioether (sulfide) groups is 1. The largest absolute Gasteiger partial charge is 0.377 e. The number of hydrogen-bond donors (Lipinski definition) is 1. The maximum atomic E-state index is 5.64. The maximum absolute atomic E-state index is 5.64. The van der Waals surface area contributed by atoms with Crippen molar-refractivity contribution >= 4 is 11.8 Å². The van der Waals surface area contributed by atoms with Crippen LogP contribution in [0.4, 0.5) is 0 Å². The lowest BCUT2D eigenvalue weighted by molar-refractivity contribution is 0.127. The molecule has 0 spiro atoms. The van der Waals surface area contributed by atoms with Crippen molar-refractivity contribution in [2.24, 2.45) is 0 Å². The summed E-state index contributed by atoms with van der Waals surface area (Å²) in [6.45, 7) is 6.53. The first-order chi connectivity index (χ1) is 7.79. The zero-order chi connectivity index (χ0) is 11.4. The quantitative estimate of drug-likeness (QED) is 0.820. The van der Waals surface area contributed by atoms with Crippen molar-refractivity contribution in [3.63, 3.8) is 0 Å². The van der Waals surface area contributed by atoms with Gasteiger partial charge in [0, 0.05) is 23.1 Å². The minimum absolute atomic E-state index is 0.476. The predicted octanol–water partition coefficient (Wildman–Crippen LogP) is 2.82. The van der Waals surface area contributed by atoms with Gasteiger partial charge in [0.25, 0.3) is 0 Å². The molecule has 16 heavy (non-hydrogen) atoms. The van der Waals surface area contributed by atoms with E-state index in [1.54, 1.807) is 0 Å². The van der Waals surface area contributed by atoms with E-state index in [9.17, 15) is 0 Å². The third kappa shape index (κ3) is 3.38. The standard InChI is InChI=1S/C13H25NOS/c1-3-14-11-5-4-6-12(9-11)16-13-7-8-15-10(13)2/h10-14H,3-9H2,1-2H3. The van der Waals surface area contributed by atoms with Gasteiger partial charge in [0.05, 0.1) is 6.10 Å². The zero-order valence-corrected chi connectivity index (χ0v) is 11.4. The molecule has 1 aliphatic carbocycles. The molecular weight excluding hydrogens is 218 g/mol. The average Bonchev–Trinajstić information content (AvgIpc) is 2.66. The molecule has 1 heterocycles. The molecule has 2 fully saturated rings. The van der Waals surface area contributed by atoms with Crippen LogP contribution in [0.2, 0.25) is 0 Å². The smallest absolute Gasteiger partial charge is 0.0666 e.